The summed E-state index contributed by atoms with van der Waals surface area (Å²) >= 11 is 0. The topological polar surface area (TPSA) is 22.1 Å². The predicted octanol–water partition coefficient (Wildman–Crippen LogP) is 3.46. The van der Waals surface area contributed by atoms with E-state index in [4.69, 9.17) is 4.74 Å². The lowest BCUT2D eigenvalue weighted by Gasteiger charge is -2.10. The van der Waals surface area contributed by atoms with Gasteiger partial charge in [-0.05, 0) is 29.7 Å². The minimum Gasteiger partial charge on any atom is -0.377 e. The normalized spacial score (nSPS) is 12.4. The molecular weight excluding hydrogens is 198 g/mol. The van der Waals surface area contributed by atoms with Crippen LogP contribution < -0.4 is 0 Å². The van der Waals surface area contributed by atoms with Gasteiger partial charge in [-0.3, -0.25) is 4.98 Å². The maximum atomic E-state index is 5.27. The second kappa shape index (κ2) is 4.90. The van der Waals surface area contributed by atoms with Gasteiger partial charge in [-0.1, -0.05) is 30.3 Å². The Balaban J connectivity index is 2.26. The van der Waals surface area contributed by atoms with Crippen LogP contribution >= 0.6 is 0 Å². The Morgan fingerprint density at radius 3 is 2.38 bits per heavy atom. The lowest BCUT2D eigenvalue weighted by Crippen LogP contribution is -1.94. The monoisotopic (exact) mass is 213 g/mol. The van der Waals surface area contributed by atoms with Crippen LogP contribution in [0.25, 0.3) is 11.1 Å². The quantitative estimate of drug-likeness (QED) is 0.779. The van der Waals surface area contributed by atoms with Gasteiger partial charge in [0.05, 0.1) is 6.10 Å². The van der Waals surface area contributed by atoms with E-state index in [0.717, 1.165) is 5.56 Å². The number of pyridine rings is 1. The molecule has 2 rings (SSSR count). The summed E-state index contributed by atoms with van der Waals surface area (Å²) in [5.74, 6) is 0. The lowest BCUT2D eigenvalue weighted by molar-refractivity contribution is 0.119. The van der Waals surface area contributed by atoms with Crippen molar-refractivity contribution in [1.29, 1.82) is 0 Å². The Bertz CT molecular complexity index is 436. The summed E-state index contributed by atoms with van der Waals surface area (Å²) < 4.78 is 5.27. The molecule has 1 aromatic heterocycles. The highest BCUT2D eigenvalue weighted by atomic mass is 16.5. The molecule has 0 radical (unpaired) electrons. The van der Waals surface area contributed by atoms with Crippen molar-refractivity contribution in [2.75, 3.05) is 7.11 Å². The molecule has 82 valence electrons. The van der Waals surface area contributed by atoms with Crippen molar-refractivity contribution < 1.29 is 4.74 Å². The number of ether oxygens (including phenoxy) is 1. The van der Waals surface area contributed by atoms with Crippen molar-refractivity contribution in [3.63, 3.8) is 0 Å². The molecule has 2 heteroatoms. The molecule has 0 aliphatic heterocycles. The maximum absolute atomic E-state index is 5.27. The van der Waals surface area contributed by atoms with E-state index in [1.54, 1.807) is 13.3 Å². The van der Waals surface area contributed by atoms with Crippen LogP contribution in [0, 0.1) is 0 Å². The molecule has 0 saturated carbocycles. The average molecular weight is 213 g/mol. The number of aromatic nitrogens is 1. The molecule has 2 aromatic rings. The summed E-state index contributed by atoms with van der Waals surface area (Å²) in [6.45, 7) is 2.04. The first-order chi connectivity index (χ1) is 7.81. The fourth-order valence-electron chi connectivity index (χ4n) is 1.62. The maximum Gasteiger partial charge on any atom is 0.0793 e. The fourth-order valence-corrected chi connectivity index (χ4v) is 1.62. The zero-order valence-electron chi connectivity index (χ0n) is 9.55. The van der Waals surface area contributed by atoms with E-state index in [1.807, 2.05) is 19.2 Å². The van der Waals surface area contributed by atoms with Crippen molar-refractivity contribution in [2.24, 2.45) is 0 Å². The first-order valence-electron chi connectivity index (χ1n) is 5.34. The Morgan fingerprint density at radius 2 is 1.81 bits per heavy atom. The van der Waals surface area contributed by atoms with E-state index in [1.165, 1.54) is 11.1 Å². The number of rotatable bonds is 3. The standard InChI is InChI=1S/C14H15NO/c1-11(16-2)12-5-7-13(8-6-12)14-4-3-9-15-10-14/h3-11H,1-2H3. The number of methoxy groups -OCH3 is 1. The third-order valence-electron chi connectivity index (χ3n) is 2.73. The third kappa shape index (κ3) is 2.28. The highest BCUT2D eigenvalue weighted by Crippen LogP contribution is 2.22. The zero-order chi connectivity index (χ0) is 11.4. The molecule has 0 fully saturated rings. The second-order valence-corrected chi connectivity index (χ2v) is 3.74. The molecule has 0 aliphatic rings. The van der Waals surface area contributed by atoms with Crippen LogP contribution in [-0.2, 0) is 4.74 Å². The first kappa shape index (κ1) is 10.8. The summed E-state index contributed by atoms with van der Waals surface area (Å²) in [6.07, 6.45) is 3.79. The molecular formula is C14H15NO. The van der Waals surface area contributed by atoms with Crippen molar-refractivity contribution in [1.82, 2.24) is 4.98 Å². The van der Waals surface area contributed by atoms with Gasteiger partial charge >= 0.3 is 0 Å². The van der Waals surface area contributed by atoms with Gasteiger partial charge in [0, 0.05) is 19.5 Å². The van der Waals surface area contributed by atoms with E-state index < -0.39 is 0 Å². The highest BCUT2D eigenvalue weighted by molar-refractivity contribution is 5.62. The van der Waals surface area contributed by atoms with Gasteiger partial charge in [0.1, 0.15) is 0 Å². The number of hydrogen-bond donors (Lipinski definition) is 0. The molecule has 0 aliphatic carbocycles. The molecule has 1 atom stereocenters. The summed E-state index contributed by atoms with van der Waals surface area (Å²) in [5, 5.41) is 0. The smallest absolute Gasteiger partial charge is 0.0793 e. The third-order valence-corrected chi connectivity index (χ3v) is 2.73. The lowest BCUT2D eigenvalue weighted by atomic mass is 10.0. The van der Waals surface area contributed by atoms with Gasteiger partial charge in [0.25, 0.3) is 0 Å². The minimum absolute atomic E-state index is 0.142. The summed E-state index contributed by atoms with van der Waals surface area (Å²) in [5.41, 5.74) is 3.51. The van der Waals surface area contributed by atoms with E-state index in [9.17, 15) is 0 Å². The van der Waals surface area contributed by atoms with Crippen molar-refractivity contribution >= 4 is 0 Å². The SMILES string of the molecule is COC(C)c1ccc(-c2cccnc2)cc1. The van der Waals surface area contributed by atoms with Crippen LogP contribution in [0.15, 0.2) is 48.8 Å². The predicted molar refractivity (Wildman–Crippen MR) is 65.1 cm³/mol. The van der Waals surface area contributed by atoms with Gasteiger partial charge in [0.2, 0.25) is 0 Å². The van der Waals surface area contributed by atoms with E-state index in [2.05, 4.69) is 35.3 Å². The van der Waals surface area contributed by atoms with E-state index in [-0.39, 0.29) is 6.10 Å². The fraction of sp³-hybridized carbons (Fsp3) is 0.214. The Morgan fingerprint density at radius 1 is 1.06 bits per heavy atom. The molecule has 16 heavy (non-hydrogen) atoms. The van der Waals surface area contributed by atoms with Gasteiger partial charge in [-0.2, -0.15) is 0 Å². The van der Waals surface area contributed by atoms with E-state index in [0.29, 0.717) is 0 Å². The molecule has 1 aromatic carbocycles. The zero-order valence-corrected chi connectivity index (χ0v) is 9.55. The number of nitrogens with zero attached hydrogens (tertiary/aromatic N) is 1. The largest absolute Gasteiger partial charge is 0.377 e. The van der Waals surface area contributed by atoms with Gasteiger partial charge < -0.3 is 4.74 Å². The van der Waals surface area contributed by atoms with Gasteiger partial charge in [0.15, 0.2) is 0 Å². The van der Waals surface area contributed by atoms with Crippen molar-refractivity contribution in [3.8, 4) is 11.1 Å². The Hall–Kier alpha value is -1.67. The summed E-state index contributed by atoms with van der Waals surface area (Å²) in [4.78, 5) is 4.11. The van der Waals surface area contributed by atoms with Gasteiger partial charge in [-0.25, -0.2) is 0 Å². The summed E-state index contributed by atoms with van der Waals surface area (Å²) in [6, 6.07) is 12.4. The molecule has 0 spiro atoms. The molecule has 1 unspecified atom stereocenters. The van der Waals surface area contributed by atoms with Crippen LogP contribution in [0.4, 0.5) is 0 Å². The molecule has 0 bridgehead atoms. The van der Waals surface area contributed by atoms with Crippen molar-refractivity contribution in [2.45, 2.75) is 13.0 Å². The van der Waals surface area contributed by atoms with Crippen LogP contribution in [0.1, 0.15) is 18.6 Å². The molecule has 0 amide bonds. The molecule has 1 heterocycles. The summed E-state index contributed by atoms with van der Waals surface area (Å²) in [7, 11) is 1.72. The Labute approximate surface area is 95.9 Å². The minimum atomic E-state index is 0.142. The number of benzene rings is 1. The van der Waals surface area contributed by atoms with Crippen LogP contribution in [0.5, 0.6) is 0 Å². The van der Waals surface area contributed by atoms with Crippen molar-refractivity contribution in [3.05, 3.63) is 54.4 Å². The van der Waals surface area contributed by atoms with E-state index >= 15 is 0 Å². The average Bonchev–Trinajstić information content (AvgIpc) is 2.39. The molecule has 0 saturated heterocycles. The van der Waals surface area contributed by atoms with Gasteiger partial charge in [-0.15, -0.1) is 0 Å². The number of hydrogen-bond acceptors (Lipinski definition) is 2. The van der Waals surface area contributed by atoms with Crippen LogP contribution in [-0.4, -0.2) is 12.1 Å². The van der Waals surface area contributed by atoms with Crippen LogP contribution in [0.3, 0.4) is 0 Å². The Kier molecular flexibility index (Phi) is 3.32. The first-order valence-corrected chi connectivity index (χ1v) is 5.34. The second-order valence-electron chi connectivity index (χ2n) is 3.74. The molecule has 0 N–H and O–H groups in total. The van der Waals surface area contributed by atoms with Crippen LogP contribution in [0.2, 0.25) is 0 Å². The molecule has 2 nitrogen and oxygen atoms in total. The highest BCUT2D eigenvalue weighted by Gasteiger charge is 2.03.